The van der Waals surface area contributed by atoms with Crippen LogP contribution >= 0.6 is 11.6 Å². The van der Waals surface area contributed by atoms with Gasteiger partial charge in [-0.15, -0.1) is 0 Å². The summed E-state index contributed by atoms with van der Waals surface area (Å²) in [4.78, 5) is 12.6. The fraction of sp³-hybridized carbons (Fsp3) is 0.714. The fourth-order valence-electron chi connectivity index (χ4n) is 4.52. The van der Waals surface area contributed by atoms with E-state index < -0.39 is 0 Å². The van der Waals surface area contributed by atoms with Crippen molar-refractivity contribution in [3.63, 3.8) is 0 Å². The molecule has 4 rings (SSSR count). The molecule has 3 aliphatic heterocycles. The number of likely N-dealkylation sites (tertiary alicyclic amines) is 1. The Morgan fingerprint density at radius 2 is 2.17 bits per heavy atom. The van der Waals surface area contributed by atoms with Crippen molar-refractivity contribution in [1.29, 1.82) is 0 Å². The van der Waals surface area contributed by atoms with Crippen LogP contribution in [0.15, 0.2) is 17.4 Å². The van der Waals surface area contributed by atoms with Gasteiger partial charge in [0.1, 0.15) is 5.02 Å². The van der Waals surface area contributed by atoms with E-state index in [0.717, 1.165) is 51.1 Å². The fourth-order valence-corrected chi connectivity index (χ4v) is 4.79. The first-order chi connectivity index (χ1) is 14.1. The van der Waals surface area contributed by atoms with E-state index >= 15 is 0 Å². The van der Waals surface area contributed by atoms with Crippen molar-refractivity contribution in [3.05, 3.63) is 22.8 Å². The van der Waals surface area contributed by atoms with Crippen molar-refractivity contribution >= 4 is 17.5 Å². The number of ether oxygens (including phenoxy) is 2. The number of nitrogens with zero attached hydrogens (tertiary/aromatic N) is 3. The molecule has 1 aromatic rings. The van der Waals surface area contributed by atoms with Crippen molar-refractivity contribution < 1.29 is 14.3 Å². The topological polar surface area (TPSA) is 68.2 Å². The molecular weight excluding hydrogens is 392 g/mol. The lowest BCUT2D eigenvalue weighted by molar-refractivity contribution is -0.0717. The van der Waals surface area contributed by atoms with Gasteiger partial charge in [0.2, 0.25) is 11.8 Å². The molecule has 7 nitrogen and oxygen atoms in total. The predicted molar refractivity (Wildman–Crippen MR) is 113 cm³/mol. The standard InChI is InChI=1S/C21H31ClN4O3/c1-15-18(13-26-8-4-3-5-9-26)28-20(25-29-15)21(6-7-23-14-21)11-16-10-17(22)19(27-2)24-12-16/h10,12,15,18,23H,3-9,11,13-14H2,1-2H3. The zero-order valence-corrected chi connectivity index (χ0v) is 18.1. The molecule has 2 fully saturated rings. The molecule has 160 valence electrons. The lowest BCUT2D eigenvalue weighted by Gasteiger charge is -2.38. The quantitative estimate of drug-likeness (QED) is 0.760. The number of rotatable bonds is 6. The average Bonchev–Trinajstić information content (AvgIpc) is 3.20. The van der Waals surface area contributed by atoms with Crippen LogP contribution in [-0.2, 0) is 16.0 Å². The van der Waals surface area contributed by atoms with Crippen molar-refractivity contribution in [2.24, 2.45) is 10.6 Å². The molecule has 0 saturated carbocycles. The summed E-state index contributed by atoms with van der Waals surface area (Å²) in [6.45, 7) is 6.93. The van der Waals surface area contributed by atoms with Crippen LogP contribution < -0.4 is 10.1 Å². The summed E-state index contributed by atoms with van der Waals surface area (Å²) >= 11 is 6.30. The predicted octanol–water partition coefficient (Wildman–Crippen LogP) is 2.87. The molecule has 1 N–H and O–H groups in total. The Morgan fingerprint density at radius 3 is 2.86 bits per heavy atom. The third-order valence-corrected chi connectivity index (χ3v) is 6.54. The summed E-state index contributed by atoms with van der Waals surface area (Å²) in [5.74, 6) is 1.15. The maximum atomic E-state index is 6.50. The number of hydrogen-bond donors (Lipinski definition) is 1. The van der Waals surface area contributed by atoms with Gasteiger partial charge >= 0.3 is 0 Å². The van der Waals surface area contributed by atoms with E-state index in [1.54, 1.807) is 7.11 Å². The van der Waals surface area contributed by atoms with Crippen molar-refractivity contribution in [2.45, 2.75) is 51.2 Å². The molecule has 4 heterocycles. The molecule has 0 bridgehead atoms. The Hall–Kier alpha value is -1.57. The van der Waals surface area contributed by atoms with E-state index in [1.165, 1.54) is 19.3 Å². The molecule has 1 aromatic heterocycles. The Balaban J connectivity index is 1.50. The Morgan fingerprint density at radius 1 is 1.34 bits per heavy atom. The summed E-state index contributed by atoms with van der Waals surface area (Å²) in [5, 5.41) is 8.41. The highest BCUT2D eigenvalue weighted by molar-refractivity contribution is 6.31. The summed E-state index contributed by atoms with van der Waals surface area (Å²) in [5.41, 5.74) is 0.789. The lowest BCUT2D eigenvalue weighted by atomic mass is 9.80. The maximum absolute atomic E-state index is 6.50. The molecule has 3 aliphatic rings. The second kappa shape index (κ2) is 9.06. The van der Waals surface area contributed by atoms with Crippen molar-refractivity contribution in [1.82, 2.24) is 15.2 Å². The second-order valence-electron chi connectivity index (χ2n) is 8.44. The van der Waals surface area contributed by atoms with Gasteiger partial charge in [-0.05, 0) is 63.9 Å². The third kappa shape index (κ3) is 4.62. The van der Waals surface area contributed by atoms with Crippen LogP contribution in [-0.4, -0.2) is 67.8 Å². The van der Waals surface area contributed by atoms with E-state index in [9.17, 15) is 0 Å². The maximum Gasteiger partial charge on any atom is 0.234 e. The highest BCUT2D eigenvalue weighted by Crippen LogP contribution is 2.36. The van der Waals surface area contributed by atoms with Crippen LogP contribution in [0.1, 0.15) is 38.2 Å². The third-order valence-electron chi connectivity index (χ3n) is 6.27. The first-order valence-corrected chi connectivity index (χ1v) is 11.0. The van der Waals surface area contributed by atoms with Gasteiger partial charge in [0.05, 0.1) is 12.5 Å². The van der Waals surface area contributed by atoms with Crippen LogP contribution in [0.25, 0.3) is 0 Å². The van der Waals surface area contributed by atoms with Gasteiger partial charge in [0.15, 0.2) is 12.2 Å². The normalized spacial score (nSPS) is 30.4. The number of methoxy groups -OCH3 is 1. The van der Waals surface area contributed by atoms with Gasteiger partial charge in [-0.3, -0.25) is 4.90 Å². The Kier molecular flexibility index (Phi) is 6.47. The zero-order valence-electron chi connectivity index (χ0n) is 17.3. The second-order valence-corrected chi connectivity index (χ2v) is 8.85. The van der Waals surface area contributed by atoms with Crippen molar-refractivity contribution in [3.8, 4) is 5.88 Å². The minimum absolute atomic E-state index is 0.00402. The highest BCUT2D eigenvalue weighted by Gasteiger charge is 2.45. The molecule has 8 heteroatoms. The first kappa shape index (κ1) is 20.7. The molecule has 2 saturated heterocycles. The van der Waals surface area contributed by atoms with Crippen LogP contribution in [0.3, 0.4) is 0 Å². The van der Waals surface area contributed by atoms with Crippen LogP contribution in [0.4, 0.5) is 0 Å². The summed E-state index contributed by atoms with van der Waals surface area (Å²) in [6, 6.07) is 1.92. The number of oxime groups is 1. The molecule has 0 amide bonds. The number of halogens is 1. The average molecular weight is 423 g/mol. The van der Waals surface area contributed by atoms with Crippen LogP contribution in [0.5, 0.6) is 5.88 Å². The van der Waals surface area contributed by atoms with Gasteiger partial charge < -0.3 is 19.6 Å². The Bertz CT molecular complexity index is 733. The molecule has 0 aromatic carbocycles. The minimum atomic E-state index is -0.250. The first-order valence-electron chi connectivity index (χ1n) is 10.6. The minimum Gasteiger partial charge on any atom is -0.480 e. The molecule has 3 unspecified atom stereocenters. The molecule has 0 radical (unpaired) electrons. The van der Waals surface area contributed by atoms with Crippen LogP contribution in [0, 0.1) is 5.41 Å². The zero-order chi connectivity index (χ0) is 20.3. The number of aromatic nitrogens is 1. The molecule has 29 heavy (non-hydrogen) atoms. The van der Waals surface area contributed by atoms with Gasteiger partial charge in [-0.1, -0.05) is 23.2 Å². The van der Waals surface area contributed by atoms with Gasteiger partial charge in [-0.2, -0.15) is 0 Å². The van der Waals surface area contributed by atoms with E-state index in [2.05, 4.69) is 20.4 Å². The SMILES string of the molecule is COc1ncc(CC2(C3=NOC(C)C(CN4CCCCC4)O3)CCNC2)cc1Cl. The largest absolute Gasteiger partial charge is 0.480 e. The number of nitrogens with one attached hydrogen (secondary N) is 1. The molecular formula is C21H31ClN4O3. The number of piperidine rings is 1. The van der Waals surface area contributed by atoms with Gasteiger partial charge in [0, 0.05) is 19.3 Å². The van der Waals surface area contributed by atoms with Crippen molar-refractivity contribution in [2.75, 3.05) is 39.8 Å². The molecule has 0 aliphatic carbocycles. The van der Waals surface area contributed by atoms with Gasteiger partial charge in [-0.25, -0.2) is 4.98 Å². The van der Waals surface area contributed by atoms with E-state index in [0.29, 0.717) is 16.8 Å². The number of pyridine rings is 1. The molecule has 0 spiro atoms. The summed E-state index contributed by atoms with van der Waals surface area (Å²) in [6.07, 6.45) is 7.30. The molecule has 3 atom stereocenters. The Labute approximate surface area is 177 Å². The highest BCUT2D eigenvalue weighted by atomic mass is 35.5. The van der Waals surface area contributed by atoms with E-state index in [-0.39, 0.29) is 17.6 Å². The lowest BCUT2D eigenvalue weighted by Crippen LogP contribution is -2.49. The summed E-state index contributed by atoms with van der Waals surface area (Å²) in [7, 11) is 1.57. The van der Waals surface area contributed by atoms with E-state index in [1.807, 2.05) is 19.2 Å². The van der Waals surface area contributed by atoms with E-state index in [4.69, 9.17) is 25.9 Å². The summed E-state index contributed by atoms with van der Waals surface area (Å²) < 4.78 is 11.7. The smallest absolute Gasteiger partial charge is 0.234 e. The number of hydrogen-bond acceptors (Lipinski definition) is 7. The van der Waals surface area contributed by atoms with Gasteiger partial charge in [0.25, 0.3) is 0 Å². The monoisotopic (exact) mass is 422 g/mol. The van der Waals surface area contributed by atoms with Crippen LogP contribution in [0.2, 0.25) is 5.02 Å².